The maximum atomic E-state index is 12.9. The number of halogens is 2. The summed E-state index contributed by atoms with van der Waals surface area (Å²) in [5, 5.41) is 3.73. The van der Waals surface area contributed by atoms with Crippen molar-refractivity contribution in [2.45, 2.75) is 0 Å². The van der Waals surface area contributed by atoms with Gasteiger partial charge in [0.25, 0.3) is 11.8 Å². The Balaban J connectivity index is 1.54. The molecule has 3 aromatic rings. The van der Waals surface area contributed by atoms with Gasteiger partial charge in [-0.3, -0.25) is 9.59 Å². The smallest absolute Gasteiger partial charge is 0.291 e. The molecule has 1 aromatic heterocycles. The number of nitrogens with one attached hydrogen (secondary N) is 1. The minimum Gasteiger partial charge on any atom is -0.451 e. The van der Waals surface area contributed by atoms with E-state index in [0.29, 0.717) is 58.9 Å². The summed E-state index contributed by atoms with van der Waals surface area (Å²) in [5.41, 5.74) is 1.42. The van der Waals surface area contributed by atoms with Crippen LogP contribution < -0.4 is 5.32 Å². The molecule has 0 aliphatic carbocycles. The van der Waals surface area contributed by atoms with Crippen molar-refractivity contribution in [2.75, 3.05) is 31.6 Å². The van der Waals surface area contributed by atoms with Crippen LogP contribution >= 0.6 is 23.2 Å². The summed E-state index contributed by atoms with van der Waals surface area (Å²) in [7, 11) is 0. The lowest BCUT2D eigenvalue weighted by Gasteiger charge is -2.27. The van der Waals surface area contributed by atoms with E-state index >= 15 is 0 Å². The fourth-order valence-corrected chi connectivity index (χ4v) is 3.57. The van der Waals surface area contributed by atoms with Crippen molar-refractivity contribution < 1.29 is 18.7 Å². The third-order valence-corrected chi connectivity index (χ3v) is 5.29. The van der Waals surface area contributed by atoms with Crippen LogP contribution in [0.3, 0.4) is 0 Å². The highest BCUT2D eigenvalue weighted by Gasteiger charge is 2.22. The van der Waals surface area contributed by atoms with Gasteiger partial charge in [-0.05, 0) is 42.5 Å². The molecule has 6 nitrogen and oxygen atoms in total. The average molecular weight is 445 g/mol. The SMILES string of the molecule is O=C(Nc1ccccc1C(=O)N1CCOCC1)c1ccc(-c2cc(Cl)ccc2Cl)o1. The van der Waals surface area contributed by atoms with E-state index in [9.17, 15) is 9.59 Å². The van der Waals surface area contributed by atoms with E-state index in [1.54, 1.807) is 59.5 Å². The number of furan rings is 1. The number of amides is 2. The first-order valence-corrected chi connectivity index (χ1v) is 10.1. The van der Waals surface area contributed by atoms with Crippen molar-refractivity contribution in [3.8, 4) is 11.3 Å². The van der Waals surface area contributed by atoms with Gasteiger partial charge in [0.05, 0.1) is 29.5 Å². The molecule has 2 heterocycles. The lowest BCUT2D eigenvalue weighted by Crippen LogP contribution is -2.41. The second-order valence-corrected chi connectivity index (χ2v) is 7.54. The standard InChI is InChI=1S/C22H18Cl2N2O4/c23-14-5-6-17(24)16(13-14)19-7-8-20(30-19)21(27)25-18-4-2-1-3-15(18)22(28)26-9-11-29-12-10-26/h1-8,13H,9-12H2,(H,25,27). The molecule has 1 aliphatic heterocycles. The summed E-state index contributed by atoms with van der Waals surface area (Å²) in [6.07, 6.45) is 0. The van der Waals surface area contributed by atoms with Gasteiger partial charge in [-0.15, -0.1) is 0 Å². The molecule has 2 aromatic carbocycles. The van der Waals surface area contributed by atoms with E-state index in [1.807, 2.05) is 0 Å². The Labute approximate surface area is 183 Å². The lowest BCUT2D eigenvalue weighted by atomic mass is 10.1. The van der Waals surface area contributed by atoms with E-state index < -0.39 is 5.91 Å². The number of hydrogen-bond acceptors (Lipinski definition) is 4. The second-order valence-electron chi connectivity index (χ2n) is 6.69. The zero-order chi connectivity index (χ0) is 21.1. The number of nitrogens with zero attached hydrogens (tertiary/aromatic N) is 1. The highest BCUT2D eigenvalue weighted by atomic mass is 35.5. The Morgan fingerprint density at radius 1 is 0.967 bits per heavy atom. The van der Waals surface area contributed by atoms with Crippen LogP contribution in [0.2, 0.25) is 10.0 Å². The number of morpholine rings is 1. The predicted octanol–water partition coefficient (Wildman–Crippen LogP) is 4.98. The van der Waals surface area contributed by atoms with E-state index in [1.165, 1.54) is 0 Å². The minimum atomic E-state index is -0.471. The van der Waals surface area contributed by atoms with E-state index in [4.69, 9.17) is 32.4 Å². The number of hydrogen-bond donors (Lipinski definition) is 1. The van der Waals surface area contributed by atoms with Crippen LogP contribution in [0.4, 0.5) is 5.69 Å². The van der Waals surface area contributed by atoms with Crippen molar-refractivity contribution in [3.05, 3.63) is 76.0 Å². The average Bonchev–Trinajstić information content (AvgIpc) is 3.26. The molecule has 1 aliphatic rings. The van der Waals surface area contributed by atoms with Crippen molar-refractivity contribution in [2.24, 2.45) is 0 Å². The quantitative estimate of drug-likeness (QED) is 0.615. The van der Waals surface area contributed by atoms with Gasteiger partial charge >= 0.3 is 0 Å². The molecule has 8 heteroatoms. The first kappa shape index (κ1) is 20.5. The number of carbonyl (C=O) groups is 2. The first-order chi connectivity index (χ1) is 14.5. The summed E-state index contributed by atoms with van der Waals surface area (Å²) in [4.78, 5) is 27.3. The maximum absolute atomic E-state index is 12.9. The zero-order valence-corrected chi connectivity index (χ0v) is 17.4. The molecule has 0 spiro atoms. The number of rotatable bonds is 4. The Hall–Kier alpha value is -2.80. The topological polar surface area (TPSA) is 71.8 Å². The molecule has 0 unspecified atom stereocenters. The summed E-state index contributed by atoms with van der Waals surface area (Å²) < 4.78 is 11.0. The Morgan fingerprint density at radius 3 is 2.53 bits per heavy atom. The first-order valence-electron chi connectivity index (χ1n) is 9.35. The molecule has 0 saturated carbocycles. The van der Waals surface area contributed by atoms with Gasteiger partial charge in [0.2, 0.25) is 0 Å². The number of ether oxygens (including phenoxy) is 1. The molecular formula is C22H18Cl2N2O4. The monoisotopic (exact) mass is 444 g/mol. The number of benzene rings is 2. The van der Waals surface area contributed by atoms with E-state index in [-0.39, 0.29) is 11.7 Å². The summed E-state index contributed by atoms with van der Waals surface area (Å²) in [6, 6.07) is 15.1. The normalized spacial score (nSPS) is 13.9. The lowest BCUT2D eigenvalue weighted by molar-refractivity contribution is 0.0303. The zero-order valence-electron chi connectivity index (χ0n) is 15.9. The number of anilines is 1. The van der Waals surface area contributed by atoms with Crippen molar-refractivity contribution in [1.29, 1.82) is 0 Å². The van der Waals surface area contributed by atoms with E-state index in [0.717, 1.165) is 0 Å². The van der Waals surface area contributed by atoms with Gasteiger partial charge in [-0.25, -0.2) is 0 Å². The van der Waals surface area contributed by atoms with Crippen molar-refractivity contribution in [1.82, 2.24) is 4.90 Å². The van der Waals surface area contributed by atoms with E-state index in [2.05, 4.69) is 5.32 Å². The molecular weight excluding hydrogens is 427 g/mol. The molecule has 2 amide bonds. The van der Waals surface area contributed by atoms with Crippen LogP contribution in [0.15, 0.2) is 59.0 Å². The third kappa shape index (κ3) is 4.36. The maximum Gasteiger partial charge on any atom is 0.291 e. The Morgan fingerprint density at radius 2 is 1.73 bits per heavy atom. The predicted molar refractivity (Wildman–Crippen MR) is 115 cm³/mol. The molecule has 0 atom stereocenters. The van der Waals surface area contributed by atoms with Crippen LogP contribution in [0.5, 0.6) is 0 Å². The summed E-state index contributed by atoms with van der Waals surface area (Å²) in [6.45, 7) is 2.04. The highest BCUT2D eigenvalue weighted by Crippen LogP contribution is 2.32. The molecule has 0 radical (unpaired) electrons. The Bertz CT molecular complexity index is 1090. The van der Waals surface area contributed by atoms with Crippen LogP contribution in [0.1, 0.15) is 20.9 Å². The third-order valence-electron chi connectivity index (χ3n) is 4.73. The van der Waals surface area contributed by atoms with Crippen LogP contribution in [0, 0.1) is 0 Å². The van der Waals surface area contributed by atoms with Gasteiger partial charge in [0.15, 0.2) is 5.76 Å². The van der Waals surface area contributed by atoms with Crippen LogP contribution in [-0.2, 0) is 4.74 Å². The number of para-hydroxylation sites is 1. The van der Waals surface area contributed by atoms with Gasteiger partial charge in [0.1, 0.15) is 5.76 Å². The fraction of sp³-hybridized carbons (Fsp3) is 0.182. The molecule has 4 rings (SSSR count). The molecule has 1 saturated heterocycles. The summed E-state index contributed by atoms with van der Waals surface area (Å²) >= 11 is 12.2. The second kappa shape index (κ2) is 8.92. The van der Waals surface area contributed by atoms with Crippen LogP contribution in [0.25, 0.3) is 11.3 Å². The van der Waals surface area contributed by atoms with Gasteiger partial charge in [0, 0.05) is 23.7 Å². The van der Waals surface area contributed by atoms with Gasteiger partial charge in [-0.2, -0.15) is 0 Å². The molecule has 154 valence electrons. The molecule has 1 fully saturated rings. The fourth-order valence-electron chi connectivity index (χ4n) is 3.19. The van der Waals surface area contributed by atoms with Gasteiger partial charge in [-0.1, -0.05) is 35.3 Å². The van der Waals surface area contributed by atoms with Crippen LogP contribution in [-0.4, -0.2) is 43.0 Å². The molecule has 0 bridgehead atoms. The van der Waals surface area contributed by atoms with Crippen molar-refractivity contribution in [3.63, 3.8) is 0 Å². The summed E-state index contributed by atoms with van der Waals surface area (Å²) in [5.74, 6) is -0.110. The van der Waals surface area contributed by atoms with Gasteiger partial charge < -0.3 is 19.4 Å². The Kier molecular flexibility index (Phi) is 6.08. The highest BCUT2D eigenvalue weighted by molar-refractivity contribution is 6.35. The molecule has 1 N–H and O–H groups in total. The molecule has 30 heavy (non-hydrogen) atoms. The number of carbonyl (C=O) groups excluding carboxylic acids is 2. The largest absolute Gasteiger partial charge is 0.451 e. The van der Waals surface area contributed by atoms with Crippen molar-refractivity contribution >= 4 is 40.7 Å². The minimum absolute atomic E-state index is 0.0923.